The largest absolute Gasteiger partial charge is 0.303 e. The van der Waals surface area contributed by atoms with E-state index in [1.807, 2.05) is 5.92 Å². The molecule has 0 spiro atoms. The Labute approximate surface area is 84.9 Å². The summed E-state index contributed by atoms with van der Waals surface area (Å²) in [5.74, 6) is 1.64. The van der Waals surface area contributed by atoms with Gasteiger partial charge in [0.15, 0.2) is 0 Å². The van der Waals surface area contributed by atoms with Gasteiger partial charge in [0.05, 0.1) is 11.9 Å². The highest BCUT2D eigenvalue weighted by Gasteiger charge is 2.06. The number of anilines is 1. The lowest BCUT2D eigenvalue weighted by molar-refractivity contribution is -0.113. The molecule has 0 unspecified atom stereocenters. The summed E-state index contributed by atoms with van der Waals surface area (Å²) in [4.78, 5) is 16.4. The van der Waals surface area contributed by atoms with Crippen LogP contribution in [0.3, 0.4) is 0 Å². The van der Waals surface area contributed by atoms with Crippen molar-refractivity contribution in [1.29, 1.82) is 0 Å². The molecule has 0 aromatic carbocycles. The van der Waals surface area contributed by atoms with Crippen LogP contribution in [0.1, 0.15) is 0 Å². The molecule has 3 nitrogen and oxygen atoms in total. The van der Waals surface area contributed by atoms with E-state index < -0.39 is 0 Å². The fourth-order valence-electron chi connectivity index (χ4n) is 0.780. The maximum Gasteiger partial charge on any atom is 0.302 e. The number of rotatable bonds is 1. The molecule has 0 radical (unpaired) electrons. The SMILES string of the molecule is C#CC(=O)N(C)c1ccc(Br)nc1. The van der Waals surface area contributed by atoms with Gasteiger partial charge < -0.3 is 4.90 Å². The minimum absolute atomic E-state index is 0.385. The lowest BCUT2D eigenvalue weighted by Crippen LogP contribution is -2.24. The Bertz CT molecular complexity index is 353. The van der Waals surface area contributed by atoms with Crippen molar-refractivity contribution in [2.75, 3.05) is 11.9 Å². The Kier molecular flexibility index (Phi) is 3.04. The van der Waals surface area contributed by atoms with Gasteiger partial charge in [-0.25, -0.2) is 4.98 Å². The number of hydrogen-bond donors (Lipinski definition) is 0. The molecule has 0 saturated heterocycles. The van der Waals surface area contributed by atoms with Crippen LogP contribution >= 0.6 is 15.9 Å². The molecular weight excluding hydrogens is 232 g/mol. The van der Waals surface area contributed by atoms with Crippen molar-refractivity contribution < 1.29 is 4.79 Å². The van der Waals surface area contributed by atoms with Gasteiger partial charge in [-0.15, -0.1) is 6.42 Å². The van der Waals surface area contributed by atoms with Crippen LogP contribution in [-0.4, -0.2) is 17.9 Å². The second-order valence-electron chi connectivity index (χ2n) is 2.35. The Morgan fingerprint density at radius 3 is 2.85 bits per heavy atom. The Hall–Kier alpha value is -1.34. The van der Waals surface area contributed by atoms with Crippen LogP contribution in [0.5, 0.6) is 0 Å². The fraction of sp³-hybridized carbons (Fsp3) is 0.111. The quantitative estimate of drug-likeness (QED) is 0.548. The molecule has 1 aromatic rings. The van der Waals surface area contributed by atoms with E-state index in [0.717, 1.165) is 4.60 Å². The summed E-state index contributed by atoms with van der Waals surface area (Å²) in [5.41, 5.74) is 0.672. The average molecular weight is 239 g/mol. The van der Waals surface area contributed by atoms with Crippen molar-refractivity contribution in [2.24, 2.45) is 0 Å². The number of nitrogens with zero attached hydrogens (tertiary/aromatic N) is 2. The lowest BCUT2D eigenvalue weighted by atomic mass is 10.4. The summed E-state index contributed by atoms with van der Waals surface area (Å²) in [5, 5.41) is 0. The second-order valence-corrected chi connectivity index (χ2v) is 3.16. The number of halogens is 1. The number of amides is 1. The zero-order valence-corrected chi connectivity index (χ0v) is 8.58. The predicted octanol–water partition coefficient (Wildman–Crippen LogP) is 1.44. The zero-order chi connectivity index (χ0) is 9.84. The van der Waals surface area contributed by atoms with E-state index in [-0.39, 0.29) is 5.91 Å². The van der Waals surface area contributed by atoms with E-state index in [0.29, 0.717) is 5.69 Å². The first-order valence-electron chi connectivity index (χ1n) is 3.51. The van der Waals surface area contributed by atoms with E-state index in [9.17, 15) is 4.79 Å². The van der Waals surface area contributed by atoms with Crippen molar-refractivity contribution in [3.8, 4) is 12.3 Å². The Balaban J connectivity index is 2.91. The summed E-state index contributed by atoms with van der Waals surface area (Å²) >= 11 is 3.19. The first-order valence-corrected chi connectivity index (χ1v) is 4.30. The third-order valence-corrected chi connectivity index (χ3v) is 2.00. The van der Waals surface area contributed by atoms with Gasteiger partial charge in [-0.05, 0) is 34.0 Å². The van der Waals surface area contributed by atoms with Crippen molar-refractivity contribution in [3.63, 3.8) is 0 Å². The smallest absolute Gasteiger partial charge is 0.302 e. The summed E-state index contributed by atoms with van der Waals surface area (Å²) in [7, 11) is 1.60. The number of aromatic nitrogens is 1. The number of hydrogen-bond acceptors (Lipinski definition) is 2. The molecule has 1 aromatic heterocycles. The molecule has 1 amide bonds. The van der Waals surface area contributed by atoms with Gasteiger partial charge in [0.25, 0.3) is 0 Å². The molecular formula is C9H7BrN2O. The fourth-order valence-corrected chi connectivity index (χ4v) is 1.02. The van der Waals surface area contributed by atoms with Gasteiger partial charge in [0, 0.05) is 7.05 Å². The zero-order valence-electron chi connectivity index (χ0n) is 6.99. The second kappa shape index (κ2) is 4.06. The van der Waals surface area contributed by atoms with Gasteiger partial charge >= 0.3 is 5.91 Å². The van der Waals surface area contributed by atoms with Crippen LogP contribution in [-0.2, 0) is 4.79 Å². The van der Waals surface area contributed by atoms with Crippen molar-refractivity contribution in [1.82, 2.24) is 4.98 Å². The number of pyridine rings is 1. The van der Waals surface area contributed by atoms with Gasteiger partial charge in [-0.2, -0.15) is 0 Å². The van der Waals surface area contributed by atoms with Gasteiger partial charge in [-0.1, -0.05) is 0 Å². The third-order valence-electron chi connectivity index (χ3n) is 1.53. The number of terminal acetylenes is 1. The molecule has 0 aliphatic rings. The standard InChI is InChI=1S/C9H7BrN2O/c1-3-9(13)12(2)7-4-5-8(10)11-6-7/h1,4-6H,2H3. The molecule has 4 heteroatoms. The molecule has 66 valence electrons. The van der Waals surface area contributed by atoms with Gasteiger partial charge in [-0.3, -0.25) is 4.79 Å². The predicted molar refractivity (Wildman–Crippen MR) is 54.2 cm³/mol. The van der Waals surface area contributed by atoms with Crippen LogP contribution in [0.4, 0.5) is 5.69 Å². The molecule has 1 rings (SSSR count). The molecule has 0 bridgehead atoms. The summed E-state index contributed by atoms with van der Waals surface area (Å²) in [6, 6.07) is 3.50. The van der Waals surface area contributed by atoms with E-state index in [1.165, 1.54) is 4.90 Å². The Morgan fingerprint density at radius 2 is 2.38 bits per heavy atom. The normalized spacial score (nSPS) is 9.00. The minimum Gasteiger partial charge on any atom is -0.303 e. The first-order chi connectivity index (χ1) is 6.15. The number of carbonyl (C=O) groups is 1. The van der Waals surface area contributed by atoms with E-state index >= 15 is 0 Å². The van der Waals surface area contributed by atoms with Crippen molar-refractivity contribution >= 4 is 27.5 Å². The van der Waals surface area contributed by atoms with E-state index in [4.69, 9.17) is 6.42 Å². The first kappa shape index (κ1) is 9.75. The molecule has 0 atom stereocenters. The molecule has 13 heavy (non-hydrogen) atoms. The lowest BCUT2D eigenvalue weighted by Gasteiger charge is -2.12. The third kappa shape index (κ3) is 2.30. The molecule has 0 saturated carbocycles. The summed E-state index contributed by atoms with van der Waals surface area (Å²) in [6.07, 6.45) is 6.54. The van der Waals surface area contributed by atoms with Crippen molar-refractivity contribution in [3.05, 3.63) is 22.9 Å². The van der Waals surface area contributed by atoms with Crippen LogP contribution in [0.2, 0.25) is 0 Å². The van der Waals surface area contributed by atoms with Crippen molar-refractivity contribution in [2.45, 2.75) is 0 Å². The summed E-state index contributed by atoms with van der Waals surface area (Å²) in [6.45, 7) is 0. The minimum atomic E-state index is -0.385. The topological polar surface area (TPSA) is 33.2 Å². The molecule has 0 N–H and O–H groups in total. The molecule has 0 aliphatic heterocycles. The van der Waals surface area contributed by atoms with Crippen LogP contribution < -0.4 is 4.90 Å². The number of carbonyl (C=O) groups excluding carboxylic acids is 1. The highest BCUT2D eigenvalue weighted by Crippen LogP contribution is 2.13. The maximum absolute atomic E-state index is 11.0. The van der Waals surface area contributed by atoms with Gasteiger partial charge in [0.2, 0.25) is 0 Å². The van der Waals surface area contributed by atoms with E-state index in [1.54, 1.807) is 25.4 Å². The highest BCUT2D eigenvalue weighted by molar-refractivity contribution is 9.10. The Morgan fingerprint density at radius 1 is 1.69 bits per heavy atom. The summed E-state index contributed by atoms with van der Waals surface area (Å²) < 4.78 is 0.720. The van der Waals surface area contributed by atoms with Crippen LogP contribution in [0, 0.1) is 12.3 Å². The maximum atomic E-state index is 11.0. The molecule has 0 aliphatic carbocycles. The monoisotopic (exact) mass is 238 g/mol. The average Bonchev–Trinajstić information content (AvgIpc) is 2.17. The van der Waals surface area contributed by atoms with E-state index in [2.05, 4.69) is 20.9 Å². The molecule has 1 heterocycles. The van der Waals surface area contributed by atoms with Gasteiger partial charge in [0.1, 0.15) is 4.60 Å². The molecule has 0 fully saturated rings. The van der Waals surface area contributed by atoms with Crippen LogP contribution in [0.15, 0.2) is 22.9 Å². The highest BCUT2D eigenvalue weighted by atomic mass is 79.9. The van der Waals surface area contributed by atoms with Crippen LogP contribution in [0.25, 0.3) is 0 Å².